The average molecular weight is 301 g/mol. The van der Waals surface area contributed by atoms with E-state index in [0.717, 1.165) is 24.1 Å². The van der Waals surface area contributed by atoms with Crippen molar-refractivity contribution in [1.82, 2.24) is 30.1 Å². The predicted octanol–water partition coefficient (Wildman–Crippen LogP) is 1.25. The summed E-state index contributed by atoms with van der Waals surface area (Å²) in [6, 6.07) is 1.58. The zero-order valence-corrected chi connectivity index (χ0v) is 11.9. The summed E-state index contributed by atoms with van der Waals surface area (Å²) in [4.78, 5) is 4.51. The summed E-state index contributed by atoms with van der Waals surface area (Å²) < 4.78 is 16.7. The minimum atomic E-state index is -1.49. The largest absolute Gasteiger partial charge is 0.384 e. The molecule has 0 saturated carbocycles. The highest BCUT2D eigenvalue weighted by atomic mass is 19.1. The summed E-state index contributed by atoms with van der Waals surface area (Å²) in [5.74, 6) is 0.373. The van der Waals surface area contributed by atoms with Crippen LogP contribution in [-0.2, 0) is 5.67 Å². The van der Waals surface area contributed by atoms with Crippen LogP contribution < -0.4 is 11.1 Å². The van der Waals surface area contributed by atoms with E-state index in [1.54, 1.807) is 24.7 Å². The fourth-order valence-electron chi connectivity index (χ4n) is 2.90. The number of fused-ring (bicyclic) bond motifs is 1. The molecular formula is C14H16FN7. The molecule has 0 aromatic carbocycles. The zero-order valence-electron chi connectivity index (χ0n) is 11.9. The van der Waals surface area contributed by atoms with Crippen LogP contribution in [0.2, 0.25) is 0 Å². The number of aromatic nitrogens is 5. The molecule has 3 aromatic heterocycles. The number of nitrogens with two attached hydrogens (primary N) is 1. The van der Waals surface area contributed by atoms with Crippen LogP contribution in [0, 0.1) is 0 Å². The second-order valence-corrected chi connectivity index (χ2v) is 5.59. The predicted molar refractivity (Wildman–Crippen MR) is 79.9 cm³/mol. The lowest BCUT2D eigenvalue weighted by Crippen LogP contribution is -2.40. The minimum absolute atomic E-state index is 0.255. The molecule has 4 N–H and O–H groups in total. The Hall–Kier alpha value is -2.48. The van der Waals surface area contributed by atoms with Crippen LogP contribution >= 0.6 is 0 Å². The lowest BCUT2D eigenvalue weighted by Gasteiger charge is -2.29. The van der Waals surface area contributed by atoms with Gasteiger partial charge in [-0.1, -0.05) is 0 Å². The van der Waals surface area contributed by atoms with E-state index in [1.807, 2.05) is 0 Å². The van der Waals surface area contributed by atoms with Gasteiger partial charge in [0.2, 0.25) is 0 Å². The highest BCUT2D eigenvalue weighted by molar-refractivity contribution is 5.77. The molecule has 1 aliphatic heterocycles. The first-order chi connectivity index (χ1) is 10.7. The highest BCUT2D eigenvalue weighted by Gasteiger charge is 2.36. The summed E-state index contributed by atoms with van der Waals surface area (Å²) in [7, 11) is 0. The Morgan fingerprint density at radius 2 is 2.27 bits per heavy atom. The Morgan fingerprint density at radius 1 is 1.36 bits per heavy atom. The van der Waals surface area contributed by atoms with Crippen LogP contribution in [0.15, 0.2) is 24.7 Å². The van der Waals surface area contributed by atoms with Crippen molar-refractivity contribution in [3.63, 3.8) is 0 Å². The molecule has 1 atom stereocenters. The average Bonchev–Trinajstić information content (AvgIpc) is 3.16. The first kappa shape index (κ1) is 13.2. The molecule has 8 heteroatoms. The van der Waals surface area contributed by atoms with Crippen molar-refractivity contribution in [2.45, 2.75) is 18.5 Å². The Kier molecular flexibility index (Phi) is 2.86. The first-order valence-corrected chi connectivity index (χ1v) is 7.21. The number of nitrogen functional groups attached to an aromatic ring is 1. The Morgan fingerprint density at radius 3 is 3.00 bits per heavy atom. The molecule has 114 valence electrons. The van der Waals surface area contributed by atoms with E-state index < -0.39 is 5.67 Å². The van der Waals surface area contributed by atoms with E-state index in [1.165, 1.54) is 4.52 Å². The van der Waals surface area contributed by atoms with Crippen molar-refractivity contribution < 1.29 is 4.39 Å². The van der Waals surface area contributed by atoms with Gasteiger partial charge in [-0.05, 0) is 19.4 Å². The van der Waals surface area contributed by atoms with E-state index >= 15 is 4.39 Å². The van der Waals surface area contributed by atoms with Crippen molar-refractivity contribution in [1.29, 1.82) is 0 Å². The topological polar surface area (TPSA) is 96.9 Å². The molecule has 4 heterocycles. The van der Waals surface area contributed by atoms with E-state index in [9.17, 15) is 0 Å². The van der Waals surface area contributed by atoms with Gasteiger partial charge in [-0.15, -0.1) is 0 Å². The quantitative estimate of drug-likeness (QED) is 0.662. The molecule has 1 saturated heterocycles. The fraction of sp³-hybridized carbons (Fsp3) is 0.357. The fourth-order valence-corrected chi connectivity index (χ4v) is 2.90. The highest BCUT2D eigenvalue weighted by Crippen LogP contribution is 2.34. The molecular weight excluding hydrogens is 285 g/mol. The number of alkyl halides is 1. The van der Waals surface area contributed by atoms with Crippen molar-refractivity contribution >= 4 is 11.5 Å². The maximum absolute atomic E-state index is 15.2. The lowest BCUT2D eigenvalue weighted by atomic mass is 9.92. The molecule has 22 heavy (non-hydrogen) atoms. The van der Waals surface area contributed by atoms with Crippen LogP contribution in [0.4, 0.5) is 10.2 Å². The van der Waals surface area contributed by atoms with Crippen LogP contribution in [0.3, 0.4) is 0 Å². The van der Waals surface area contributed by atoms with Gasteiger partial charge in [0.1, 0.15) is 5.82 Å². The number of H-pyrrole nitrogens is 1. The van der Waals surface area contributed by atoms with Gasteiger partial charge in [-0.25, -0.2) is 9.37 Å². The van der Waals surface area contributed by atoms with Gasteiger partial charge in [0.15, 0.2) is 11.3 Å². The van der Waals surface area contributed by atoms with Crippen molar-refractivity contribution in [2.24, 2.45) is 0 Å². The number of anilines is 1. The number of rotatable bonds is 2. The van der Waals surface area contributed by atoms with E-state index in [0.29, 0.717) is 23.6 Å². The lowest BCUT2D eigenvalue weighted by molar-refractivity contribution is 0.117. The number of piperidine rings is 1. The summed E-state index contributed by atoms with van der Waals surface area (Å²) in [6.07, 6.45) is 6.30. The van der Waals surface area contributed by atoms with Crippen molar-refractivity contribution in [2.75, 3.05) is 18.8 Å². The first-order valence-electron chi connectivity index (χ1n) is 7.21. The van der Waals surface area contributed by atoms with Gasteiger partial charge in [0, 0.05) is 29.9 Å². The Balaban J connectivity index is 1.89. The van der Waals surface area contributed by atoms with Crippen LogP contribution in [-0.4, -0.2) is 37.9 Å². The van der Waals surface area contributed by atoms with Crippen LogP contribution in [0.25, 0.3) is 16.8 Å². The standard InChI is InChI=1S/C14H16FN7/c15-14(2-1-3-17-8-14)11-4-12(16)22-13(21-11)10(7-20-22)9-5-18-19-6-9/h4-7,17H,1-3,8,16H2,(H,18,19). The third-order valence-corrected chi connectivity index (χ3v) is 4.10. The van der Waals surface area contributed by atoms with Crippen LogP contribution in [0.5, 0.6) is 0 Å². The van der Waals surface area contributed by atoms with E-state index in [4.69, 9.17) is 5.73 Å². The summed E-state index contributed by atoms with van der Waals surface area (Å²) in [5, 5.41) is 14.0. The smallest absolute Gasteiger partial charge is 0.165 e. The molecule has 0 radical (unpaired) electrons. The number of nitrogens with one attached hydrogen (secondary N) is 2. The second kappa shape index (κ2) is 4.77. The molecule has 4 rings (SSSR count). The summed E-state index contributed by atoms with van der Waals surface area (Å²) >= 11 is 0. The number of hydrogen-bond donors (Lipinski definition) is 3. The summed E-state index contributed by atoms with van der Waals surface area (Å²) in [5.41, 5.74) is 7.06. The Labute approximate surface area is 125 Å². The van der Waals surface area contributed by atoms with Crippen molar-refractivity contribution in [3.8, 4) is 11.1 Å². The number of halogens is 1. The number of nitrogens with zero attached hydrogens (tertiary/aromatic N) is 4. The maximum Gasteiger partial charge on any atom is 0.165 e. The SMILES string of the molecule is Nc1cc(C2(F)CCCNC2)nc2c(-c3cn[nH]c3)cnn12. The molecule has 1 aliphatic rings. The molecule has 3 aromatic rings. The second-order valence-electron chi connectivity index (χ2n) is 5.59. The van der Waals surface area contributed by atoms with E-state index in [2.05, 4.69) is 25.6 Å². The molecule has 0 bridgehead atoms. The molecule has 0 aliphatic carbocycles. The van der Waals surface area contributed by atoms with Gasteiger partial charge >= 0.3 is 0 Å². The normalized spacial score (nSPS) is 22.2. The maximum atomic E-state index is 15.2. The van der Waals surface area contributed by atoms with Gasteiger partial charge in [-0.2, -0.15) is 14.7 Å². The third-order valence-electron chi connectivity index (χ3n) is 4.10. The molecule has 0 amide bonds. The van der Waals surface area contributed by atoms with Gasteiger partial charge in [-0.3, -0.25) is 5.10 Å². The zero-order chi connectivity index (χ0) is 15.2. The van der Waals surface area contributed by atoms with Crippen LogP contribution in [0.1, 0.15) is 18.5 Å². The Bertz CT molecular complexity index is 802. The molecule has 1 fully saturated rings. The van der Waals surface area contributed by atoms with Crippen molar-refractivity contribution in [3.05, 3.63) is 30.4 Å². The minimum Gasteiger partial charge on any atom is -0.384 e. The van der Waals surface area contributed by atoms with Gasteiger partial charge in [0.25, 0.3) is 0 Å². The monoisotopic (exact) mass is 301 g/mol. The molecule has 1 unspecified atom stereocenters. The van der Waals surface area contributed by atoms with Gasteiger partial charge < -0.3 is 11.1 Å². The van der Waals surface area contributed by atoms with E-state index in [-0.39, 0.29) is 6.54 Å². The van der Waals surface area contributed by atoms with Gasteiger partial charge in [0.05, 0.1) is 18.1 Å². The number of hydrogen-bond acceptors (Lipinski definition) is 5. The third kappa shape index (κ3) is 1.95. The summed E-state index contributed by atoms with van der Waals surface area (Å²) in [6.45, 7) is 1.08. The number of aromatic amines is 1. The molecule has 0 spiro atoms. The molecule has 7 nitrogen and oxygen atoms in total.